The van der Waals surface area contributed by atoms with Crippen molar-refractivity contribution in [3.05, 3.63) is 11.2 Å². The van der Waals surface area contributed by atoms with E-state index in [1.807, 2.05) is 6.92 Å². The fraction of sp³-hybridized carbons (Fsp3) is 0.556. The van der Waals surface area contributed by atoms with Gasteiger partial charge in [-0.2, -0.15) is 4.98 Å². The van der Waals surface area contributed by atoms with E-state index in [0.717, 1.165) is 0 Å². The van der Waals surface area contributed by atoms with E-state index in [-0.39, 0.29) is 6.04 Å². The van der Waals surface area contributed by atoms with Gasteiger partial charge in [0, 0.05) is 20.2 Å². The third-order valence-corrected chi connectivity index (χ3v) is 2.04. The number of hydrogen-bond acceptors (Lipinski definition) is 5. The maximum atomic E-state index is 5.94. The molecule has 0 amide bonds. The molecule has 0 fully saturated rings. The van der Waals surface area contributed by atoms with Crippen molar-refractivity contribution in [2.24, 2.45) is 0 Å². The van der Waals surface area contributed by atoms with Crippen molar-refractivity contribution >= 4 is 23.4 Å². The van der Waals surface area contributed by atoms with Crippen molar-refractivity contribution in [3.63, 3.8) is 0 Å². The molecular weight excluding hydrogens is 216 g/mol. The number of hydrogen-bond donors (Lipinski definition) is 2. The van der Waals surface area contributed by atoms with Gasteiger partial charge in [-0.1, -0.05) is 11.6 Å². The largest absolute Gasteiger partial charge is 0.383 e. The van der Waals surface area contributed by atoms with Gasteiger partial charge in [-0.25, -0.2) is 4.98 Å². The second-order valence-corrected chi connectivity index (χ2v) is 3.55. The molecule has 2 N–H and O–H groups in total. The molecule has 1 unspecified atom stereocenters. The molecule has 0 radical (unpaired) electrons. The van der Waals surface area contributed by atoms with Crippen LogP contribution >= 0.6 is 11.6 Å². The number of nitrogens with one attached hydrogen (secondary N) is 2. The highest BCUT2D eigenvalue weighted by molar-refractivity contribution is 6.32. The average Bonchev–Trinajstić information content (AvgIpc) is 2.21. The number of ether oxygens (including phenoxy) is 1. The Labute approximate surface area is 94.2 Å². The van der Waals surface area contributed by atoms with Gasteiger partial charge in [-0.15, -0.1) is 0 Å². The van der Waals surface area contributed by atoms with Gasteiger partial charge in [0.1, 0.15) is 5.02 Å². The number of halogens is 1. The Morgan fingerprint density at radius 2 is 2.33 bits per heavy atom. The zero-order valence-corrected chi connectivity index (χ0v) is 9.80. The minimum Gasteiger partial charge on any atom is -0.383 e. The number of rotatable bonds is 5. The van der Waals surface area contributed by atoms with Crippen LogP contribution in [0, 0.1) is 0 Å². The third kappa shape index (κ3) is 3.53. The summed E-state index contributed by atoms with van der Waals surface area (Å²) in [6.45, 7) is 2.58. The summed E-state index contributed by atoms with van der Waals surface area (Å²) in [5, 5.41) is 6.48. The molecule has 5 nitrogen and oxygen atoms in total. The average molecular weight is 231 g/mol. The Morgan fingerprint density at radius 3 is 2.93 bits per heavy atom. The lowest BCUT2D eigenvalue weighted by Crippen LogP contribution is -2.22. The van der Waals surface area contributed by atoms with E-state index in [4.69, 9.17) is 16.3 Å². The molecule has 1 aromatic heterocycles. The minimum absolute atomic E-state index is 0.145. The lowest BCUT2D eigenvalue weighted by Gasteiger charge is -2.14. The molecule has 0 aromatic carbocycles. The maximum Gasteiger partial charge on any atom is 0.224 e. The minimum atomic E-state index is 0.145. The van der Waals surface area contributed by atoms with Crippen LogP contribution in [0.2, 0.25) is 5.02 Å². The first-order chi connectivity index (χ1) is 7.17. The van der Waals surface area contributed by atoms with Gasteiger partial charge >= 0.3 is 0 Å². The predicted octanol–water partition coefficient (Wildman–Crippen LogP) is 1.62. The summed E-state index contributed by atoms with van der Waals surface area (Å²) >= 11 is 5.94. The summed E-state index contributed by atoms with van der Waals surface area (Å²) in [6.07, 6.45) is 1.56. The number of anilines is 2. The highest BCUT2D eigenvalue weighted by atomic mass is 35.5. The van der Waals surface area contributed by atoms with E-state index in [2.05, 4.69) is 20.6 Å². The topological polar surface area (TPSA) is 59.1 Å². The molecule has 1 rings (SSSR count). The second-order valence-electron chi connectivity index (χ2n) is 3.14. The lowest BCUT2D eigenvalue weighted by molar-refractivity contribution is 0.190. The SMILES string of the molecule is CNc1ncc(Cl)c(NC(C)COC)n1. The summed E-state index contributed by atoms with van der Waals surface area (Å²) < 4.78 is 5.01. The number of methoxy groups -OCH3 is 1. The Balaban J connectivity index is 2.74. The van der Waals surface area contributed by atoms with Crippen LogP contribution in [-0.2, 0) is 4.74 Å². The fourth-order valence-electron chi connectivity index (χ4n) is 1.11. The van der Waals surface area contributed by atoms with Crippen LogP contribution in [0.4, 0.5) is 11.8 Å². The fourth-order valence-corrected chi connectivity index (χ4v) is 1.26. The lowest BCUT2D eigenvalue weighted by atomic mass is 10.3. The van der Waals surface area contributed by atoms with Crippen LogP contribution in [0.5, 0.6) is 0 Å². The van der Waals surface area contributed by atoms with Crippen LogP contribution in [0.3, 0.4) is 0 Å². The van der Waals surface area contributed by atoms with Gasteiger partial charge in [0.15, 0.2) is 5.82 Å². The van der Waals surface area contributed by atoms with Crippen LogP contribution in [0.15, 0.2) is 6.20 Å². The van der Waals surface area contributed by atoms with E-state index >= 15 is 0 Å². The molecular formula is C9H15ClN4O. The first-order valence-electron chi connectivity index (χ1n) is 4.63. The summed E-state index contributed by atoms with van der Waals surface area (Å²) in [5.41, 5.74) is 0. The van der Waals surface area contributed by atoms with E-state index in [0.29, 0.717) is 23.4 Å². The first-order valence-corrected chi connectivity index (χ1v) is 5.01. The highest BCUT2D eigenvalue weighted by Gasteiger charge is 2.07. The molecule has 1 atom stereocenters. The molecule has 1 aromatic rings. The molecule has 0 saturated carbocycles. The molecule has 1 heterocycles. The summed E-state index contributed by atoms with van der Waals surface area (Å²) in [6, 6.07) is 0.145. The molecule has 0 aliphatic rings. The van der Waals surface area contributed by atoms with Gasteiger partial charge in [-0.3, -0.25) is 0 Å². The summed E-state index contributed by atoms with van der Waals surface area (Å²) in [7, 11) is 3.41. The van der Waals surface area contributed by atoms with Gasteiger partial charge in [0.05, 0.1) is 12.8 Å². The Bertz CT molecular complexity index is 321. The van der Waals surface area contributed by atoms with Crippen LogP contribution < -0.4 is 10.6 Å². The second kappa shape index (κ2) is 5.72. The Hall–Kier alpha value is -1.07. The molecule has 0 aliphatic carbocycles. The van der Waals surface area contributed by atoms with Crippen LogP contribution in [0.25, 0.3) is 0 Å². The van der Waals surface area contributed by atoms with Crippen molar-refractivity contribution in [3.8, 4) is 0 Å². The van der Waals surface area contributed by atoms with Gasteiger partial charge in [0.2, 0.25) is 5.95 Å². The highest BCUT2D eigenvalue weighted by Crippen LogP contribution is 2.19. The standard InChI is InChI=1S/C9H15ClN4O/c1-6(5-15-3)13-8-7(10)4-12-9(11-2)14-8/h4,6H,5H2,1-3H3,(H2,11,12,13,14). The van der Waals surface area contributed by atoms with Gasteiger partial charge < -0.3 is 15.4 Å². The molecule has 0 spiro atoms. The van der Waals surface area contributed by atoms with Crippen molar-refractivity contribution in [2.45, 2.75) is 13.0 Å². The molecule has 0 saturated heterocycles. The smallest absolute Gasteiger partial charge is 0.224 e. The number of aromatic nitrogens is 2. The first kappa shape index (κ1) is 12.0. The zero-order valence-electron chi connectivity index (χ0n) is 9.04. The van der Waals surface area contributed by atoms with Gasteiger partial charge in [0.25, 0.3) is 0 Å². The summed E-state index contributed by atoms with van der Waals surface area (Å²) in [4.78, 5) is 8.18. The van der Waals surface area contributed by atoms with Crippen molar-refractivity contribution < 1.29 is 4.74 Å². The summed E-state index contributed by atoms with van der Waals surface area (Å²) in [5.74, 6) is 1.15. The predicted molar refractivity (Wildman–Crippen MR) is 61.5 cm³/mol. The van der Waals surface area contributed by atoms with E-state index < -0.39 is 0 Å². The van der Waals surface area contributed by atoms with Crippen molar-refractivity contribution in [1.29, 1.82) is 0 Å². The Morgan fingerprint density at radius 1 is 1.60 bits per heavy atom. The quantitative estimate of drug-likeness (QED) is 0.805. The molecule has 6 heteroatoms. The third-order valence-electron chi connectivity index (χ3n) is 1.77. The normalized spacial score (nSPS) is 12.3. The molecule has 84 valence electrons. The zero-order chi connectivity index (χ0) is 11.3. The maximum absolute atomic E-state index is 5.94. The Kier molecular flexibility index (Phi) is 4.58. The molecule has 0 aliphatic heterocycles. The van der Waals surface area contributed by atoms with Crippen LogP contribution in [-0.4, -0.2) is 36.8 Å². The van der Waals surface area contributed by atoms with E-state index in [1.54, 1.807) is 20.4 Å². The van der Waals surface area contributed by atoms with Crippen molar-refractivity contribution in [1.82, 2.24) is 9.97 Å². The van der Waals surface area contributed by atoms with Gasteiger partial charge in [-0.05, 0) is 6.92 Å². The van der Waals surface area contributed by atoms with Crippen LogP contribution in [0.1, 0.15) is 6.92 Å². The van der Waals surface area contributed by atoms with E-state index in [9.17, 15) is 0 Å². The van der Waals surface area contributed by atoms with E-state index in [1.165, 1.54) is 0 Å². The molecule has 15 heavy (non-hydrogen) atoms. The van der Waals surface area contributed by atoms with Crippen molar-refractivity contribution in [2.75, 3.05) is 31.4 Å². The number of nitrogens with zero attached hydrogens (tertiary/aromatic N) is 2. The molecule has 0 bridgehead atoms. The monoisotopic (exact) mass is 230 g/mol.